The van der Waals surface area contributed by atoms with Gasteiger partial charge in [-0.25, -0.2) is 0 Å². The van der Waals surface area contributed by atoms with E-state index >= 15 is 0 Å². The Hall–Kier alpha value is -8.72. The Morgan fingerprint density at radius 1 is 0.389 bits per heavy atom. The largest absolute Gasteiger partial charge is 0.313 e. The zero-order chi connectivity index (χ0) is 48.0. The summed E-state index contributed by atoms with van der Waals surface area (Å²) < 4.78 is 2.52. The number of hydrogen-bond donors (Lipinski definition) is 0. The van der Waals surface area contributed by atoms with E-state index in [-0.39, 0.29) is 5.41 Å². The zero-order valence-corrected chi connectivity index (χ0v) is 40.6. The molecule has 1 aromatic heterocycles. The lowest BCUT2D eigenvalue weighted by atomic mass is 9.64. The molecule has 0 amide bonds. The van der Waals surface area contributed by atoms with Crippen molar-refractivity contribution in [3.05, 3.63) is 293 Å². The fraction of sp³-hybridized carbons (Fsp3) is 0.0857. The molecule has 342 valence electrons. The van der Waals surface area contributed by atoms with Gasteiger partial charge in [0.2, 0.25) is 0 Å². The summed E-state index contributed by atoms with van der Waals surface area (Å²) in [6.45, 7) is 4.73. The van der Waals surface area contributed by atoms with E-state index in [1.165, 1.54) is 106 Å². The molecule has 2 heteroatoms. The fourth-order valence-corrected chi connectivity index (χ4v) is 12.9. The number of aromatic nitrogens is 1. The average molecular weight is 921 g/mol. The molecule has 14 rings (SSSR count). The van der Waals surface area contributed by atoms with Crippen molar-refractivity contribution in [3.63, 3.8) is 0 Å². The van der Waals surface area contributed by atoms with Crippen LogP contribution in [-0.4, -0.2) is 4.57 Å². The summed E-state index contributed by atoms with van der Waals surface area (Å²) in [6, 6.07) is 92.4. The second-order valence-corrected chi connectivity index (χ2v) is 20.3. The van der Waals surface area contributed by atoms with Crippen molar-refractivity contribution in [2.45, 2.75) is 37.5 Å². The van der Waals surface area contributed by atoms with Crippen molar-refractivity contribution >= 4 is 34.0 Å². The molecule has 1 heterocycles. The van der Waals surface area contributed by atoms with Crippen LogP contribution in [0.5, 0.6) is 0 Å². The lowest BCUT2D eigenvalue weighted by Gasteiger charge is -2.37. The predicted octanol–water partition coefficient (Wildman–Crippen LogP) is 18.1. The van der Waals surface area contributed by atoms with Crippen LogP contribution in [-0.2, 0) is 17.3 Å². The summed E-state index contributed by atoms with van der Waals surface area (Å²) in [6.07, 6.45) is 4.46. The first-order valence-electron chi connectivity index (χ1n) is 25.5. The highest BCUT2D eigenvalue weighted by Crippen LogP contribution is 2.59. The standard InChI is InChI=1S/C70H52N2/c1-69(2)63-27-15-12-24-57(63)60-41-40-56(46-66(60)69)71(54-36-30-48(31-37-54)47-18-6-3-7-19-47)55-38-32-49(33-39-55)50-34-42-67-61(44-50)62-45-52(35-43-68(62)72(67)53-22-10-5-11-23-53)70(51-20-8-4-9-21-51)64-28-16-13-25-58(64)59-26-14-17-29-65(59)70/h3-34,36-42,44-46H,35,43H2,1-2H3. The lowest BCUT2D eigenvalue weighted by Crippen LogP contribution is -2.31. The van der Waals surface area contributed by atoms with E-state index in [4.69, 9.17) is 0 Å². The van der Waals surface area contributed by atoms with Gasteiger partial charge in [0.15, 0.2) is 0 Å². The third-order valence-electron chi connectivity index (χ3n) is 16.2. The Bertz CT molecular complexity index is 3870. The van der Waals surface area contributed by atoms with Gasteiger partial charge in [-0.2, -0.15) is 0 Å². The number of para-hydroxylation sites is 1. The number of nitrogens with zero attached hydrogens (tertiary/aromatic N) is 2. The number of fused-ring (bicyclic) bond motifs is 9. The van der Waals surface area contributed by atoms with Gasteiger partial charge >= 0.3 is 0 Å². The molecular formula is C70H52N2. The summed E-state index contributed by atoms with van der Waals surface area (Å²) in [5.74, 6) is 0. The summed E-state index contributed by atoms with van der Waals surface area (Å²) in [4.78, 5) is 2.42. The van der Waals surface area contributed by atoms with Gasteiger partial charge in [0.1, 0.15) is 0 Å². The van der Waals surface area contributed by atoms with Crippen molar-refractivity contribution in [2.75, 3.05) is 4.90 Å². The van der Waals surface area contributed by atoms with Crippen LogP contribution in [0.3, 0.4) is 0 Å². The van der Waals surface area contributed by atoms with Gasteiger partial charge in [-0.05, 0) is 151 Å². The summed E-state index contributed by atoms with van der Waals surface area (Å²) in [7, 11) is 0. The highest BCUT2D eigenvalue weighted by Gasteiger charge is 2.48. The van der Waals surface area contributed by atoms with Gasteiger partial charge in [-0.15, -0.1) is 0 Å². The molecule has 10 aromatic carbocycles. The molecule has 11 aromatic rings. The van der Waals surface area contributed by atoms with E-state index in [1.54, 1.807) is 0 Å². The molecule has 0 unspecified atom stereocenters. The first-order chi connectivity index (χ1) is 35.5. The molecule has 3 aliphatic rings. The van der Waals surface area contributed by atoms with Crippen LogP contribution in [0.25, 0.3) is 67.2 Å². The Balaban J connectivity index is 0.906. The van der Waals surface area contributed by atoms with Gasteiger partial charge in [0.05, 0.1) is 10.9 Å². The second kappa shape index (κ2) is 16.4. The van der Waals surface area contributed by atoms with Crippen LogP contribution in [0, 0.1) is 0 Å². The van der Waals surface area contributed by atoms with Crippen LogP contribution in [0.4, 0.5) is 17.1 Å². The molecule has 0 fully saturated rings. The third kappa shape index (κ3) is 6.35. The Morgan fingerprint density at radius 3 is 1.51 bits per heavy atom. The molecule has 2 nitrogen and oxygen atoms in total. The van der Waals surface area contributed by atoms with E-state index in [9.17, 15) is 0 Å². The number of allylic oxidation sites excluding steroid dienone is 1. The smallest absolute Gasteiger partial charge is 0.0676 e. The normalized spacial score (nSPS) is 14.4. The molecule has 0 atom stereocenters. The van der Waals surface area contributed by atoms with Crippen molar-refractivity contribution in [1.82, 2.24) is 4.57 Å². The quantitative estimate of drug-likeness (QED) is 0.147. The van der Waals surface area contributed by atoms with E-state index in [0.717, 1.165) is 29.9 Å². The highest BCUT2D eigenvalue weighted by atomic mass is 15.1. The minimum Gasteiger partial charge on any atom is -0.313 e. The highest BCUT2D eigenvalue weighted by molar-refractivity contribution is 5.98. The van der Waals surface area contributed by atoms with E-state index < -0.39 is 5.41 Å². The van der Waals surface area contributed by atoms with Crippen LogP contribution in [0.15, 0.2) is 254 Å². The second-order valence-electron chi connectivity index (χ2n) is 20.3. The molecule has 3 aliphatic carbocycles. The van der Waals surface area contributed by atoms with E-state index in [0.29, 0.717) is 0 Å². The fourth-order valence-electron chi connectivity index (χ4n) is 12.9. The van der Waals surface area contributed by atoms with Crippen molar-refractivity contribution < 1.29 is 0 Å². The average Bonchev–Trinajstić information content (AvgIpc) is 4.03. The van der Waals surface area contributed by atoms with Crippen molar-refractivity contribution in [3.8, 4) is 50.2 Å². The topological polar surface area (TPSA) is 8.17 Å². The molecule has 0 saturated heterocycles. The predicted molar refractivity (Wildman–Crippen MR) is 301 cm³/mol. The molecule has 0 bridgehead atoms. The summed E-state index contributed by atoms with van der Waals surface area (Å²) in [5.41, 5.74) is 26.3. The number of rotatable bonds is 8. The van der Waals surface area contributed by atoms with Crippen molar-refractivity contribution in [2.24, 2.45) is 0 Å². The molecule has 0 radical (unpaired) electrons. The van der Waals surface area contributed by atoms with Gasteiger partial charge < -0.3 is 9.47 Å². The van der Waals surface area contributed by atoms with Crippen LogP contribution >= 0.6 is 0 Å². The Labute approximate surface area is 422 Å². The Morgan fingerprint density at radius 2 is 0.875 bits per heavy atom. The maximum Gasteiger partial charge on any atom is 0.0676 e. The Kier molecular flexibility index (Phi) is 9.63. The first kappa shape index (κ1) is 42.2. The number of benzene rings is 10. The number of anilines is 3. The van der Waals surface area contributed by atoms with Crippen LogP contribution < -0.4 is 4.90 Å². The zero-order valence-electron chi connectivity index (χ0n) is 40.6. The molecule has 0 aliphatic heterocycles. The van der Waals surface area contributed by atoms with Gasteiger partial charge in [-0.3, -0.25) is 0 Å². The third-order valence-corrected chi connectivity index (χ3v) is 16.2. The maximum absolute atomic E-state index is 2.58. The molecular weight excluding hydrogens is 869 g/mol. The molecule has 72 heavy (non-hydrogen) atoms. The van der Waals surface area contributed by atoms with Crippen molar-refractivity contribution in [1.29, 1.82) is 0 Å². The van der Waals surface area contributed by atoms with Gasteiger partial charge in [0.25, 0.3) is 0 Å². The number of hydrogen-bond acceptors (Lipinski definition) is 1. The molecule has 0 N–H and O–H groups in total. The van der Waals surface area contributed by atoms with E-state index in [2.05, 4.69) is 278 Å². The summed E-state index contributed by atoms with van der Waals surface area (Å²) >= 11 is 0. The molecule has 0 saturated carbocycles. The van der Waals surface area contributed by atoms with Crippen LogP contribution in [0.2, 0.25) is 0 Å². The summed E-state index contributed by atoms with van der Waals surface area (Å²) in [5, 5.41) is 1.28. The van der Waals surface area contributed by atoms with E-state index in [1.807, 2.05) is 0 Å². The lowest BCUT2D eigenvalue weighted by molar-refractivity contribution is 0.660. The first-order valence-corrected chi connectivity index (χ1v) is 25.5. The minimum atomic E-state index is -0.410. The monoisotopic (exact) mass is 920 g/mol. The minimum absolute atomic E-state index is 0.115. The SMILES string of the molecule is CC1(C)c2ccccc2-c2ccc(N(c3ccc(-c4ccccc4)cc3)c3ccc(-c4ccc5c(c4)c4c(n5-c5ccccc5)CCC(C5(c6ccccc6)c6ccccc6-c6ccccc65)=C4)cc3)cc21. The van der Waals surface area contributed by atoms with Gasteiger partial charge in [0, 0.05) is 44.8 Å². The van der Waals surface area contributed by atoms with Gasteiger partial charge in [-0.1, -0.05) is 208 Å². The molecule has 0 spiro atoms. The van der Waals surface area contributed by atoms with Crippen LogP contribution in [0.1, 0.15) is 59.3 Å². The maximum atomic E-state index is 2.58.